The van der Waals surface area contributed by atoms with Crippen LogP contribution in [0.3, 0.4) is 0 Å². The molecule has 2 aromatic carbocycles. The van der Waals surface area contributed by atoms with Gasteiger partial charge in [-0.3, -0.25) is 4.90 Å². The van der Waals surface area contributed by atoms with Gasteiger partial charge in [-0.25, -0.2) is 0 Å². The number of benzene rings is 2. The van der Waals surface area contributed by atoms with E-state index in [0.29, 0.717) is 6.54 Å². The minimum absolute atomic E-state index is 0.318. The minimum atomic E-state index is -0.318. The van der Waals surface area contributed by atoms with Crippen molar-refractivity contribution in [2.75, 3.05) is 20.8 Å². The Morgan fingerprint density at radius 2 is 1.25 bits per heavy atom. The first kappa shape index (κ1) is 18.3. The average Bonchev–Trinajstić information content (AvgIpc) is 2.62. The predicted octanol–water partition coefficient (Wildman–Crippen LogP) is 3.48. The third-order valence-corrected chi connectivity index (χ3v) is 4.07. The van der Waals surface area contributed by atoms with Crippen molar-refractivity contribution in [1.29, 1.82) is 0 Å². The summed E-state index contributed by atoms with van der Waals surface area (Å²) in [7, 11) is 3.34. The molecule has 130 valence electrons. The Morgan fingerprint density at radius 1 is 0.833 bits per heavy atom. The zero-order valence-electron chi connectivity index (χ0n) is 14.7. The van der Waals surface area contributed by atoms with E-state index in [1.807, 2.05) is 31.2 Å². The summed E-state index contributed by atoms with van der Waals surface area (Å²) < 4.78 is 10.4. The van der Waals surface area contributed by atoms with Crippen molar-refractivity contribution in [2.45, 2.75) is 32.5 Å². The maximum atomic E-state index is 10.1. The topological polar surface area (TPSA) is 41.9 Å². The van der Waals surface area contributed by atoms with E-state index in [0.717, 1.165) is 31.0 Å². The second kappa shape index (κ2) is 9.30. The number of rotatable bonds is 9. The molecule has 0 aromatic heterocycles. The lowest BCUT2D eigenvalue weighted by Gasteiger charge is -2.25. The number of ether oxygens (including phenoxy) is 2. The van der Waals surface area contributed by atoms with Gasteiger partial charge < -0.3 is 14.6 Å². The van der Waals surface area contributed by atoms with E-state index < -0.39 is 0 Å². The molecule has 0 spiro atoms. The van der Waals surface area contributed by atoms with Crippen molar-refractivity contribution >= 4 is 0 Å². The molecule has 1 unspecified atom stereocenters. The SMILES string of the molecule is CCC(O)CN(Cc1ccc(OC)cc1)Cc1ccc(OC)cc1. The lowest BCUT2D eigenvalue weighted by molar-refractivity contribution is 0.101. The van der Waals surface area contributed by atoms with Gasteiger partial charge in [0.1, 0.15) is 11.5 Å². The second-order valence-corrected chi connectivity index (χ2v) is 5.93. The van der Waals surface area contributed by atoms with Gasteiger partial charge in [-0.1, -0.05) is 31.2 Å². The summed E-state index contributed by atoms with van der Waals surface area (Å²) in [6.45, 7) is 4.22. The van der Waals surface area contributed by atoms with Crippen molar-refractivity contribution < 1.29 is 14.6 Å². The average molecular weight is 329 g/mol. The van der Waals surface area contributed by atoms with Gasteiger partial charge in [0.2, 0.25) is 0 Å². The van der Waals surface area contributed by atoms with Crippen molar-refractivity contribution in [3.63, 3.8) is 0 Å². The summed E-state index contributed by atoms with van der Waals surface area (Å²) in [5.41, 5.74) is 2.40. The summed E-state index contributed by atoms with van der Waals surface area (Å²) >= 11 is 0. The number of aliphatic hydroxyl groups is 1. The van der Waals surface area contributed by atoms with Crippen LogP contribution in [0.15, 0.2) is 48.5 Å². The van der Waals surface area contributed by atoms with Gasteiger partial charge in [-0.15, -0.1) is 0 Å². The van der Waals surface area contributed by atoms with E-state index in [-0.39, 0.29) is 6.10 Å². The molecule has 0 saturated heterocycles. The fraction of sp³-hybridized carbons (Fsp3) is 0.400. The minimum Gasteiger partial charge on any atom is -0.497 e. The molecule has 4 nitrogen and oxygen atoms in total. The molecular weight excluding hydrogens is 302 g/mol. The molecule has 1 atom stereocenters. The zero-order chi connectivity index (χ0) is 17.4. The molecule has 2 rings (SSSR count). The van der Waals surface area contributed by atoms with Gasteiger partial charge in [0.05, 0.1) is 20.3 Å². The molecule has 24 heavy (non-hydrogen) atoms. The molecule has 0 aliphatic heterocycles. The van der Waals surface area contributed by atoms with Crippen molar-refractivity contribution in [2.24, 2.45) is 0 Å². The molecule has 0 amide bonds. The lowest BCUT2D eigenvalue weighted by atomic mass is 10.1. The van der Waals surface area contributed by atoms with E-state index in [4.69, 9.17) is 9.47 Å². The first-order chi connectivity index (χ1) is 11.6. The fourth-order valence-corrected chi connectivity index (χ4v) is 2.59. The van der Waals surface area contributed by atoms with Crippen LogP contribution in [-0.2, 0) is 13.1 Å². The highest BCUT2D eigenvalue weighted by Gasteiger charge is 2.12. The van der Waals surface area contributed by atoms with E-state index in [1.54, 1.807) is 14.2 Å². The molecule has 0 aliphatic carbocycles. The standard InChI is InChI=1S/C20H27NO3/c1-4-18(22)15-21(13-16-5-9-19(23-2)10-6-16)14-17-7-11-20(24-3)12-8-17/h5-12,18,22H,4,13-15H2,1-3H3. The van der Waals surface area contributed by atoms with Gasteiger partial charge >= 0.3 is 0 Å². The van der Waals surface area contributed by atoms with Crippen LogP contribution in [0.4, 0.5) is 0 Å². The third-order valence-electron chi connectivity index (χ3n) is 4.07. The van der Waals surface area contributed by atoms with Gasteiger partial charge in [-0.05, 0) is 41.8 Å². The molecule has 0 bridgehead atoms. The summed E-state index contributed by atoms with van der Waals surface area (Å²) in [5, 5.41) is 10.1. The summed E-state index contributed by atoms with van der Waals surface area (Å²) in [4.78, 5) is 2.26. The summed E-state index contributed by atoms with van der Waals surface area (Å²) in [5.74, 6) is 1.71. The Morgan fingerprint density at radius 3 is 1.58 bits per heavy atom. The first-order valence-corrected chi connectivity index (χ1v) is 8.31. The molecule has 0 fully saturated rings. The number of nitrogens with zero attached hydrogens (tertiary/aromatic N) is 1. The number of methoxy groups -OCH3 is 2. The summed E-state index contributed by atoms with van der Waals surface area (Å²) in [6.07, 6.45) is 0.434. The summed E-state index contributed by atoms with van der Waals surface area (Å²) in [6, 6.07) is 16.1. The van der Waals surface area contributed by atoms with Crippen LogP contribution >= 0.6 is 0 Å². The Balaban J connectivity index is 2.07. The van der Waals surface area contributed by atoms with Crippen LogP contribution < -0.4 is 9.47 Å². The van der Waals surface area contributed by atoms with Crippen LogP contribution in [-0.4, -0.2) is 36.9 Å². The Kier molecular flexibility index (Phi) is 7.09. The molecule has 0 aliphatic rings. The molecule has 0 radical (unpaired) electrons. The molecule has 1 N–H and O–H groups in total. The predicted molar refractivity (Wildman–Crippen MR) is 96.4 cm³/mol. The van der Waals surface area contributed by atoms with Crippen LogP contribution in [0.5, 0.6) is 11.5 Å². The molecule has 4 heteroatoms. The third kappa shape index (κ3) is 5.55. The molecular formula is C20H27NO3. The maximum absolute atomic E-state index is 10.1. The van der Waals surface area contributed by atoms with Crippen LogP contribution in [0.25, 0.3) is 0 Å². The Hall–Kier alpha value is -2.04. The second-order valence-electron chi connectivity index (χ2n) is 5.93. The molecule has 2 aromatic rings. The highest BCUT2D eigenvalue weighted by atomic mass is 16.5. The van der Waals surface area contributed by atoms with Gasteiger partial charge in [0.15, 0.2) is 0 Å². The molecule has 0 saturated carbocycles. The number of hydrogen-bond donors (Lipinski definition) is 1. The van der Waals surface area contributed by atoms with E-state index in [1.165, 1.54) is 11.1 Å². The van der Waals surface area contributed by atoms with Crippen molar-refractivity contribution in [3.8, 4) is 11.5 Å². The van der Waals surface area contributed by atoms with Gasteiger partial charge in [0, 0.05) is 19.6 Å². The largest absolute Gasteiger partial charge is 0.497 e. The maximum Gasteiger partial charge on any atom is 0.118 e. The van der Waals surface area contributed by atoms with Crippen LogP contribution in [0.2, 0.25) is 0 Å². The van der Waals surface area contributed by atoms with Crippen LogP contribution in [0, 0.1) is 0 Å². The number of aliphatic hydroxyl groups excluding tert-OH is 1. The molecule has 0 heterocycles. The van der Waals surface area contributed by atoms with E-state index in [9.17, 15) is 5.11 Å². The first-order valence-electron chi connectivity index (χ1n) is 8.31. The normalized spacial score (nSPS) is 12.2. The fourth-order valence-electron chi connectivity index (χ4n) is 2.59. The van der Waals surface area contributed by atoms with Gasteiger partial charge in [0.25, 0.3) is 0 Å². The van der Waals surface area contributed by atoms with E-state index in [2.05, 4.69) is 29.2 Å². The van der Waals surface area contributed by atoms with E-state index >= 15 is 0 Å². The van der Waals surface area contributed by atoms with Crippen molar-refractivity contribution in [3.05, 3.63) is 59.7 Å². The van der Waals surface area contributed by atoms with Crippen LogP contribution in [0.1, 0.15) is 24.5 Å². The zero-order valence-corrected chi connectivity index (χ0v) is 14.7. The van der Waals surface area contributed by atoms with Gasteiger partial charge in [-0.2, -0.15) is 0 Å². The van der Waals surface area contributed by atoms with Crippen molar-refractivity contribution in [1.82, 2.24) is 4.90 Å². The monoisotopic (exact) mass is 329 g/mol. The number of hydrogen-bond acceptors (Lipinski definition) is 4. The Bertz CT molecular complexity index is 546. The smallest absolute Gasteiger partial charge is 0.118 e. The highest BCUT2D eigenvalue weighted by molar-refractivity contribution is 5.28. The highest BCUT2D eigenvalue weighted by Crippen LogP contribution is 2.17. The quantitative estimate of drug-likeness (QED) is 0.765. The Labute approximate surface area is 144 Å². The lowest BCUT2D eigenvalue weighted by Crippen LogP contribution is -2.31.